The van der Waals surface area contributed by atoms with Gasteiger partial charge in [-0.05, 0) is 84.0 Å². The molecular formula is C25H29FN4OS. The SMILES string of the molecule is C[C@H]1CCc2cc(cnc2N)-c2cc(S(C)(=N)=O)ccc2CN(C)Cc2ccc(F)cc21. The molecule has 0 radical (unpaired) electrons. The average molecular weight is 453 g/mol. The molecule has 0 aliphatic carbocycles. The van der Waals surface area contributed by atoms with Crippen molar-refractivity contribution in [1.29, 1.82) is 4.78 Å². The number of fused-ring (bicyclic) bond motifs is 5. The Morgan fingerprint density at radius 3 is 2.59 bits per heavy atom. The molecule has 3 aromatic rings. The van der Waals surface area contributed by atoms with Gasteiger partial charge < -0.3 is 5.73 Å². The molecule has 7 heteroatoms. The van der Waals surface area contributed by atoms with Gasteiger partial charge in [0.25, 0.3) is 0 Å². The van der Waals surface area contributed by atoms with Crippen LogP contribution in [0.15, 0.2) is 53.6 Å². The highest BCUT2D eigenvalue weighted by molar-refractivity contribution is 7.91. The molecule has 1 aliphatic rings. The summed E-state index contributed by atoms with van der Waals surface area (Å²) < 4.78 is 34.5. The number of nitrogens with one attached hydrogen (secondary N) is 1. The van der Waals surface area contributed by atoms with Crippen LogP contribution in [0.5, 0.6) is 0 Å². The van der Waals surface area contributed by atoms with E-state index in [0.29, 0.717) is 23.8 Å². The second-order valence-electron chi connectivity index (χ2n) is 8.89. The number of aromatic nitrogens is 1. The van der Waals surface area contributed by atoms with Crippen LogP contribution in [0.1, 0.15) is 41.5 Å². The zero-order chi connectivity index (χ0) is 23.0. The molecule has 168 valence electrons. The molecule has 1 aliphatic heterocycles. The third-order valence-corrected chi connectivity index (χ3v) is 7.36. The Balaban J connectivity index is 1.88. The molecule has 3 N–H and O–H groups in total. The smallest absolute Gasteiger partial charge is 0.126 e. The largest absolute Gasteiger partial charge is 0.383 e. The number of anilines is 1. The molecular weight excluding hydrogens is 423 g/mol. The topological polar surface area (TPSA) is 83.1 Å². The lowest BCUT2D eigenvalue weighted by Gasteiger charge is -2.22. The lowest BCUT2D eigenvalue weighted by Crippen LogP contribution is -2.19. The summed E-state index contributed by atoms with van der Waals surface area (Å²) in [6.45, 7) is 3.45. The van der Waals surface area contributed by atoms with Crippen molar-refractivity contribution in [2.45, 2.75) is 43.7 Å². The van der Waals surface area contributed by atoms with Crippen LogP contribution in [0.3, 0.4) is 0 Å². The van der Waals surface area contributed by atoms with Crippen molar-refractivity contribution in [2.24, 2.45) is 0 Å². The number of benzene rings is 2. The number of halogens is 1. The average Bonchev–Trinajstić information content (AvgIpc) is 2.73. The minimum Gasteiger partial charge on any atom is -0.383 e. The molecule has 2 heterocycles. The van der Waals surface area contributed by atoms with E-state index in [1.165, 1.54) is 12.3 Å². The lowest BCUT2D eigenvalue weighted by atomic mass is 9.90. The molecule has 2 aromatic carbocycles. The fraction of sp³-hybridized carbons (Fsp3) is 0.320. The predicted octanol–water partition coefficient (Wildman–Crippen LogP) is 5.19. The van der Waals surface area contributed by atoms with Crippen LogP contribution in [0.4, 0.5) is 10.2 Å². The fourth-order valence-corrected chi connectivity index (χ4v) is 5.08. The summed E-state index contributed by atoms with van der Waals surface area (Å²) in [6.07, 6.45) is 4.72. The van der Waals surface area contributed by atoms with E-state index in [-0.39, 0.29) is 11.7 Å². The number of nitrogens with zero attached hydrogens (tertiary/aromatic N) is 2. The van der Waals surface area contributed by atoms with Gasteiger partial charge in [-0.3, -0.25) is 4.90 Å². The van der Waals surface area contributed by atoms with Crippen molar-refractivity contribution in [3.8, 4) is 11.1 Å². The van der Waals surface area contributed by atoms with E-state index in [0.717, 1.165) is 46.2 Å². The Morgan fingerprint density at radius 1 is 1.12 bits per heavy atom. The van der Waals surface area contributed by atoms with Crippen LogP contribution >= 0.6 is 0 Å². The highest BCUT2D eigenvalue weighted by atomic mass is 32.2. The second kappa shape index (κ2) is 8.64. The minimum atomic E-state index is -2.85. The first-order valence-corrected chi connectivity index (χ1v) is 12.7. The van der Waals surface area contributed by atoms with Gasteiger partial charge in [-0.15, -0.1) is 0 Å². The standard InChI is InChI=1S/C25H29FN4OS/c1-16-4-5-17-10-20(13-29-25(17)27)24-12-22(32(3,28)31)9-7-19(24)15-30(2)14-18-6-8-21(26)11-23(16)18/h6-13,16,28H,4-5,14-15H2,1-3H3,(H2,27,29)/t16-,32?/m0/s1. The van der Waals surface area contributed by atoms with Crippen molar-refractivity contribution in [3.05, 3.63) is 76.7 Å². The molecule has 2 bridgehead atoms. The number of aryl methyl sites for hydroxylation is 1. The monoisotopic (exact) mass is 452 g/mol. The summed E-state index contributed by atoms with van der Waals surface area (Å²) in [6, 6.07) is 12.7. The zero-order valence-corrected chi connectivity index (χ0v) is 19.5. The van der Waals surface area contributed by atoms with Crippen LogP contribution in [-0.2, 0) is 29.2 Å². The van der Waals surface area contributed by atoms with Gasteiger partial charge in [0.2, 0.25) is 0 Å². The third-order valence-electron chi connectivity index (χ3n) is 6.21. The quantitative estimate of drug-likeness (QED) is 0.532. The van der Waals surface area contributed by atoms with Crippen LogP contribution in [-0.4, -0.2) is 27.4 Å². The summed E-state index contributed by atoms with van der Waals surface area (Å²) in [5.41, 5.74) is 12.1. The molecule has 5 nitrogen and oxygen atoms in total. The summed E-state index contributed by atoms with van der Waals surface area (Å²) in [5.74, 6) is 0.437. The lowest BCUT2D eigenvalue weighted by molar-refractivity contribution is 0.317. The maximum atomic E-state index is 14.1. The molecule has 0 fully saturated rings. The normalized spacial score (nSPS) is 18.9. The highest BCUT2D eigenvalue weighted by Crippen LogP contribution is 2.33. The van der Waals surface area contributed by atoms with Gasteiger partial charge in [0.1, 0.15) is 11.6 Å². The molecule has 0 saturated carbocycles. The molecule has 2 atom stereocenters. The number of nitrogen functional groups attached to an aromatic ring is 1. The van der Waals surface area contributed by atoms with Crippen molar-refractivity contribution in [2.75, 3.05) is 19.0 Å². The van der Waals surface area contributed by atoms with Crippen LogP contribution in [0.2, 0.25) is 0 Å². The van der Waals surface area contributed by atoms with E-state index in [2.05, 4.69) is 16.8 Å². The van der Waals surface area contributed by atoms with Crippen LogP contribution in [0.25, 0.3) is 11.1 Å². The van der Waals surface area contributed by atoms with E-state index in [4.69, 9.17) is 10.5 Å². The Labute approximate surface area is 189 Å². The zero-order valence-electron chi connectivity index (χ0n) is 18.7. The van der Waals surface area contributed by atoms with Gasteiger partial charge >= 0.3 is 0 Å². The summed E-state index contributed by atoms with van der Waals surface area (Å²) >= 11 is 0. The Hall–Kier alpha value is -2.77. The molecule has 1 aromatic heterocycles. The third kappa shape index (κ3) is 4.69. The van der Waals surface area contributed by atoms with Gasteiger partial charge in [0.05, 0.1) is 9.73 Å². The summed E-state index contributed by atoms with van der Waals surface area (Å²) in [4.78, 5) is 7.12. The summed E-state index contributed by atoms with van der Waals surface area (Å²) in [7, 11) is -0.816. The molecule has 0 amide bonds. The van der Waals surface area contributed by atoms with Gasteiger partial charge in [-0.2, -0.15) is 0 Å². The van der Waals surface area contributed by atoms with Crippen molar-refractivity contribution >= 4 is 15.5 Å². The second-order valence-corrected chi connectivity index (χ2v) is 11.0. The van der Waals surface area contributed by atoms with Crippen molar-refractivity contribution in [1.82, 2.24) is 9.88 Å². The Kier molecular flexibility index (Phi) is 6.05. The maximum Gasteiger partial charge on any atom is 0.126 e. The number of nitrogens with two attached hydrogens (primary N) is 1. The van der Waals surface area contributed by atoms with Crippen molar-refractivity contribution < 1.29 is 8.60 Å². The fourth-order valence-electron chi connectivity index (χ4n) is 4.41. The van der Waals surface area contributed by atoms with E-state index >= 15 is 0 Å². The molecule has 4 rings (SSSR count). The summed E-state index contributed by atoms with van der Waals surface area (Å²) in [5, 5.41) is 0. The van der Waals surface area contributed by atoms with Gasteiger partial charge in [-0.1, -0.05) is 19.1 Å². The Morgan fingerprint density at radius 2 is 1.84 bits per heavy atom. The predicted molar refractivity (Wildman–Crippen MR) is 127 cm³/mol. The van der Waals surface area contributed by atoms with Crippen LogP contribution in [0, 0.1) is 10.6 Å². The molecule has 32 heavy (non-hydrogen) atoms. The Bertz CT molecular complexity index is 1270. The number of hydrogen-bond acceptors (Lipinski definition) is 5. The van der Waals surface area contributed by atoms with E-state index in [1.807, 2.05) is 31.3 Å². The van der Waals surface area contributed by atoms with E-state index < -0.39 is 9.73 Å². The van der Waals surface area contributed by atoms with Gasteiger partial charge in [-0.25, -0.2) is 18.4 Å². The van der Waals surface area contributed by atoms with Crippen LogP contribution < -0.4 is 5.73 Å². The van der Waals surface area contributed by atoms with Crippen molar-refractivity contribution in [3.63, 3.8) is 0 Å². The molecule has 1 unspecified atom stereocenters. The minimum absolute atomic E-state index is 0.167. The molecule has 0 spiro atoms. The van der Waals surface area contributed by atoms with Gasteiger partial charge in [0.15, 0.2) is 0 Å². The van der Waals surface area contributed by atoms with Gasteiger partial charge in [0, 0.05) is 36.0 Å². The first-order chi connectivity index (χ1) is 15.1. The highest BCUT2D eigenvalue weighted by Gasteiger charge is 2.18. The number of rotatable bonds is 1. The van der Waals surface area contributed by atoms with E-state index in [1.54, 1.807) is 18.3 Å². The number of hydrogen-bond donors (Lipinski definition) is 2. The first kappa shape index (κ1) is 22.4. The molecule has 0 saturated heterocycles. The first-order valence-electron chi connectivity index (χ1n) is 10.7. The maximum absolute atomic E-state index is 14.1. The number of pyridine rings is 1. The van der Waals surface area contributed by atoms with E-state index in [9.17, 15) is 8.60 Å².